The van der Waals surface area contributed by atoms with E-state index in [4.69, 9.17) is 0 Å². The first-order valence-electron chi connectivity index (χ1n) is 6.99. The van der Waals surface area contributed by atoms with Gasteiger partial charge in [-0.15, -0.1) is 0 Å². The Hall–Kier alpha value is -1.28. The quantitative estimate of drug-likeness (QED) is 0.875. The predicted octanol–water partition coefficient (Wildman–Crippen LogP) is 3.36. The van der Waals surface area contributed by atoms with Crippen LogP contribution >= 0.6 is 0 Å². The van der Waals surface area contributed by atoms with Crippen LogP contribution in [0.3, 0.4) is 0 Å². The summed E-state index contributed by atoms with van der Waals surface area (Å²) in [7, 11) is 0. The molecule has 1 N–H and O–H groups in total. The maximum Gasteiger partial charge on any atom is 0.0552 e. The van der Waals surface area contributed by atoms with E-state index in [0.717, 1.165) is 18.9 Å². The van der Waals surface area contributed by atoms with E-state index < -0.39 is 0 Å². The van der Waals surface area contributed by atoms with Gasteiger partial charge in [-0.3, -0.25) is 0 Å². The monoisotopic (exact) mass is 243 g/mol. The van der Waals surface area contributed by atoms with Gasteiger partial charge in [-0.2, -0.15) is 0 Å². The van der Waals surface area contributed by atoms with E-state index in [2.05, 4.69) is 35.0 Å². The highest BCUT2D eigenvalue weighted by Gasteiger charge is 2.18. The molecule has 2 aromatic rings. The summed E-state index contributed by atoms with van der Waals surface area (Å²) in [6.45, 7) is 3.01. The Kier molecular flexibility index (Phi) is 3.13. The number of benzene rings is 1. The highest BCUT2D eigenvalue weighted by molar-refractivity contribution is 5.83. The van der Waals surface area contributed by atoms with Crippen molar-refractivity contribution in [1.29, 1.82) is 0 Å². The molecule has 0 saturated heterocycles. The first kappa shape index (κ1) is 11.8. The van der Waals surface area contributed by atoms with Crippen LogP contribution < -0.4 is 0 Å². The molecule has 1 atom stereocenters. The zero-order valence-corrected chi connectivity index (χ0v) is 11.0. The lowest BCUT2D eigenvalue weighted by Crippen LogP contribution is -2.17. The molecule has 2 heteroatoms. The first-order valence-corrected chi connectivity index (χ1v) is 6.99. The van der Waals surface area contributed by atoms with Gasteiger partial charge in [0.25, 0.3) is 0 Å². The van der Waals surface area contributed by atoms with Crippen LogP contribution in [0.25, 0.3) is 10.9 Å². The fourth-order valence-electron chi connectivity index (χ4n) is 2.90. The summed E-state index contributed by atoms with van der Waals surface area (Å²) in [6.07, 6.45) is 6.84. The molecule has 0 aliphatic heterocycles. The second-order valence-electron chi connectivity index (χ2n) is 5.67. The molecule has 0 amide bonds. The molecule has 1 aromatic carbocycles. The average molecular weight is 243 g/mol. The molecule has 1 aliphatic rings. The van der Waals surface area contributed by atoms with Crippen LogP contribution in [0.4, 0.5) is 0 Å². The number of fused-ring (bicyclic) bond motifs is 1. The predicted molar refractivity (Wildman–Crippen MR) is 74.7 cm³/mol. The van der Waals surface area contributed by atoms with E-state index in [-0.39, 0.29) is 6.10 Å². The molecule has 1 saturated carbocycles. The molecule has 96 valence electrons. The molecule has 1 heterocycles. The summed E-state index contributed by atoms with van der Waals surface area (Å²) in [6, 6.07) is 8.63. The van der Waals surface area contributed by atoms with Crippen LogP contribution in [0.15, 0.2) is 30.5 Å². The third kappa shape index (κ3) is 2.17. The summed E-state index contributed by atoms with van der Waals surface area (Å²) in [5, 5.41) is 10.9. The van der Waals surface area contributed by atoms with Crippen molar-refractivity contribution in [3.8, 4) is 0 Å². The van der Waals surface area contributed by atoms with Crippen LogP contribution in [0.1, 0.15) is 31.7 Å². The summed E-state index contributed by atoms with van der Waals surface area (Å²) in [5.74, 6) is 0.876. The lowest BCUT2D eigenvalue weighted by Gasteiger charge is -2.26. The van der Waals surface area contributed by atoms with E-state index >= 15 is 0 Å². The Labute approximate surface area is 108 Å². The fourth-order valence-corrected chi connectivity index (χ4v) is 2.90. The Balaban J connectivity index is 1.92. The first-order chi connectivity index (χ1) is 8.74. The minimum Gasteiger partial charge on any atom is -0.393 e. The van der Waals surface area contributed by atoms with Crippen molar-refractivity contribution in [2.75, 3.05) is 0 Å². The van der Waals surface area contributed by atoms with Crippen molar-refractivity contribution in [1.82, 2.24) is 4.57 Å². The van der Waals surface area contributed by atoms with Gasteiger partial charge < -0.3 is 9.67 Å². The molecular weight excluding hydrogens is 222 g/mol. The van der Waals surface area contributed by atoms with Crippen LogP contribution in [-0.4, -0.2) is 15.8 Å². The average Bonchev–Trinajstić information content (AvgIpc) is 2.67. The van der Waals surface area contributed by atoms with Crippen molar-refractivity contribution in [3.05, 3.63) is 36.0 Å². The van der Waals surface area contributed by atoms with Gasteiger partial charge in [0.15, 0.2) is 0 Å². The van der Waals surface area contributed by atoms with Gasteiger partial charge in [0.1, 0.15) is 0 Å². The number of hydrogen-bond acceptors (Lipinski definition) is 1. The summed E-state index contributed by atoms with van der Waals surface area (Å²) in [4.78, 5) is 0. The topological polar surface area (TPSA) is 25.2 Å². The van der Waals surface area contributed by atoms with Gasteiger partial charge >= 0.3 is 0 Å². The number of aromatic nitrogens is 1. The maximum atomic E-state index is 9.56. The second kappa shape index (κ2) is 4.77. The Morgan fingerprint density at radius 2 is 2.17 bits per heavy atom. The molecular formula is C16H21NO. The molecule has 1 unspecified atom stereocenters. The van der Waals surface area contributed by atoms with Gasteiger partial charge in [0, 0.05) is 23.6 Å². The van der Waals surface area contributed by atoms with Gasteiger partial charge in [-0.1, -0.05) is 18.6 Å². The molecule has 1 aromatic heterocycles. The molecule has 1 aliphatic carbocycles. The second-order valence-corrected chi connectivity index (χ2v) is 5.67. The lowest BCUT2D eigenvalue weighted by molar-refractivity contribution is 0.196. The Morgan fingerprint density at radius 1 is 1.33 bits per heavy atom. The number of rotatable bonds is 4. The van der Waals surface area contributed by atoms with E-state index in [1.807, 2.05) is 6.92 Å². The van der Waals surface area contributed by atoms with Crippen molar-refractivity contribution in [2.24, 2.45) is 5.92 Å². The SMILES string of the molecule is CC(O)Cc1cccc2c1ccn2CC1CCC1. The van der Waals surface area contributed by atoms with Crippen LogP contribution in [0, 0.1) is 5.92 Å². The zero-order valence-electron chi connectivity index (χ0n) is 11.0. The zero-order chi connectivity index (χ0) is 12.5. The summed E-state index contributed by atoms with van der Waals surface area (Å²) >= 11 is 0. The maximum absolute atomic E-state index is 9.56. The normalized spacial score (nSPS) is 17.9. The fraction of sp³-hybridized carbons (Fsp3) is 0.500. The van der Waals surface area contributed by atoms with E-state index in [1.165, 1.54) is 35.7 Å². The molecule has 1 fully saturated rings. The van der Waals surface area contributed by atoms with Crippen LogP contribution in [0.2, 0.25) is 0 Å². The molecule has 2 nitrogen and oxygen atoms in total. The molecule has 0 bridgehead atoms. The third-order valence-electron chi connectivity index (χ3n) is 4.10. The minimum absolute atomic E-state index is 0.273. The van der Waals surface area contributed by atoms with Gasteiger partial charge in [0.05, 0.1) is 6.10 Å². The number of hydrogen-bond donors (Lipinski definition) is 1. The smallest absolute Gasteiger partial charge is 0.0552 e. The number of nitrogens with zero attached hydrogens (tertiary/aromatic N) is 1. The van der Waals surface area contributed by atoms with Gasteiger partial charge in [-0.05, 0) is 49.8 Å². The minimum atomic E-state index is -0.273. The molecule has 0 spiro atoms. The Bertz CT molecular complexity index is 537. The summed E-state index contributed by atoms with van der Waals surface area (Å²) < 4.78 is 2.38. The van der Waals surface area contributed by atoms with Crippen molar-refractivity contribution in [3.63, 3.8) is 0 Å². The lowest BCUT2D eigenvalue weighted by atomic mass is 9.85. The number of aliphatic hydroxyl groups is 1. The highest BCUT2D eigenvalue weighted by atomic mass is 16.3. The van der Waals surface area contributed by atoms with Crippen molar-refractivity contribution < 1.29 is 5.11 Å². The van der Waals surface area contributed by atoms with Crippen molar-refractivity contribution in [2.45, 2.75) is 45.3 Å². The number of aliphatic hydroxyl groups excluding tert-OH is 1. The standard InChI is InChI=1S/C16H21NO/c1-12(18)10-14-6-3-7-16-15(14)8-9-17(16)11-13-4-2-5-13/h3,6-9,12-13,18H,2,4-5,10-11H2,1H3. The highest BCUT2D eigenvalue weighted by Crippen LogP contribution is 2.30. The Morgan fingerprint density at radius 3 is 2.83 bits per heavy atom. The summed E-state index contributed by atoms with van der Waals surface area (Å²) in [5.41, 5.74) is 2.58. The van der Waals surface area contributed by atoms with E-state index in [9.17, 15) is 5.11 Å². The van der Waals surface area contributed by atoms with Gasteiger partial charge in [0.2, 0.25) is 0 Å². The molecule has 0 radical (unpaired) electrons. The third-order valence-corrected chi connectivity index (χ3v) is 4.10. The van der Waals surface area contributed by atoms with Crippen LogP contribution in [0.5, 0.6) is 0 Å². The van der Waals surface area contributed by atoms with E-state index in [1.54, 1.807) is 0 Å². The largest absolute Gasteiger partial charge is 0.393 e. The van der Waals surface area contributed by atoms with E-state index in [0.29, 0.717) is 0 Å². The van der Waals surface area contributed by atoms with Crippen molar-refractivity contribution >= 4 is 10.9 Å². The van der Waals surface area contributed by atoms with Gasteiger partial charge in [-0.25, -0.2) is 0 Å². The molecule has 3 rings (SSSR count). The molecule has 18 heavy (non-hydrogen) atoms. The van der Waals surface area contributed by atoms with Crippen LogP contribution in [-0.2, 0) is 13.0 Å².